The molecule has 7 nitrogen and oxygen atoms in total. The summed E-state index contributed by atoms with van der Waals surface area (Å²) in [5.74, 6) is -2.32. The number of benzene rings is 2. The number of hydrogen-bond donors (Lipinski definition) is 0. The van der Waals surface area contributed by atoms with E-state index in [-0.39, 0.29) is 51.6 Å². The van der Waals surface area contributed by atoms with E-state index in [0.29, 0.717) is 13.1 Å². The first-order valence-electron chi connectivity index (χ1n) is 10.9. The summed E-state index contributed by atoms with van der Waals surface area (Å²) in [4.78, 5) is 34.4. The van der Waals surface area contributed by atoms with Crippen molar-refractivity contribution in [1.82, 2.24) is 14.7 Å². The maximum absolute atomic E-state index is 16.0. The summed E-state index contributed by atoms with van der Waals surface area (Å²) in [6.07, 6.45) is 2.57. The highest BCUT2D eigenvalue weighted by atomic mass is 35.5. The normalized spacial score (nSPS) is 15.9. The van der Waals surface area contributed by atoms with Crippen LogP contribution in [0.3, 0.4) is 0 Å². The minimum Gasteiger partial charge on any atom is -0.496 e. The van der Waals surface area contributed by atoms with Crippen LogP contribution in [0.4, 0.5) is 14.5 Å². The van der Waals surface area contributed by atoms with E-state index in [0.717, 1.165) is 0 Å². The molecule has 10 heteroatoms. The zero-order chi connectivity index (χ0) is 25.9. The van der Waals surface area contributed by atoms with E-state index < -0.39 is 17.5 Å². The molecule has 0 bridgehead atoms. The number of carbonyl (C=O) groups excluding carboxylic acids is 2. The Morgan fingerprint density at radius 1 is 1.26 bits per heavy atom. The van der Waals surface area contributed by atoms with E-state index in [4.69, 9.17) is 16.3 Å². The zero-order valence-electron chi connectivity index (χ0n) is 20.0. The molecule has 1 atom stereocenters. The molecule has 1 unspecified atom stereocenters. The lowest BCUT2D eigenvalue weighted by Gasteiger charge is -2.39. The highest BCUT2D eigenvalue weighted by molar-refractivity contribution is 6.34. The van der Waals surface area contributed by atoms with Crippen LogP contribution in [0.25, 0.3) is 11.1 Å². The molecule has 3 rings (SSSR count). The van der Waals surface area contributed by atoms with Gasteiger partial charge in [0.2, 0.25) is 5.91 Å². The van der Waals surface area contributed by atoms with Crippen molar-refractivity contribution in [3.05, 3.63) is 59.1 Å². The zero-order valence-corrected chi connectivity index (χ0v) is 20.8. The quantitative estimate of drug-likeness (QED) is 0.333. The molecule has 0 spiro atoms. The molecular weight excluding hydrogens is 478 g/mol. The highest BCUT2D eigenvalue weighted by Gasteiger charge is 2.33. The van der Waals surface area contributed by atoms with Crippen LogP contribution in [0.2, 0.25) is 5.02 Å². The highest BCUT2D eigenvalue weighted by Crippen LogP contribution is 2.43. The molecule has 2 aromatic carbocycles. The summed E-state index contributed by atoms with van der Waals surface area (Å²) in [5, 5.41) is -0.161. The number of carbonyl (C=O) groups is 2. The Hall–Kier alpha value is -3.46. The van der Waals surface area contributed by atoms with Gasteiger partial charge in [0.15, 0.2) is 5.82 Å². The fraction of sp³-hybridized carbons (Fsp3) is 0.320. The molecule has 1 fully saturated rings. The number of methoxy groups -OCH3 is 1. The lowest BCUT2D eigenvalue weighted by molar-refractivity contribution is -0.128. The van der Waals surface area contributed by atoms with Gasteiger partial charge in [0.1, 0.15) is 17.3 Å². The maximum atomic E-state index is 16.0. The molecule has 2 aromatic rings. The molecule has 0 aliphatic carbocycles. The molecule has 1 heterocycles. The third kappa shape index (κ3) is 5.30. The van der Waals surface area contributed by atoms with E-state index in [1.807, 2.05) is 0 Å². The summed E-state index contributed by atoms with van der Waals surface area (Å²) in [7, 11) is 4.72. The Labute approximate surface area is 208 Å². The summed E-state index contributed by atoms with van der Waals surface area (Å²) in [5.41, 5.74) is -0.758. The predicted molar refractivity (Wildman–Crippen MR) is 132 cm³/mol. The van der Waals surface area contributed by atoms with Crippen molar-refractivity contribution in [3.8, 4) is 16.9 Å². The third-order valence-corrected chi connectivity index (χ3v) is 5.96. The Morgan fingerprint density at radius 2 is 1.97 bits per heavy atom. The number of aliphatic imine (C=N–C) groups is 1. The fourth-order valence-corrected chi connectivity index (χ4v) is 4.25. The third-order valence-electron chi connectivity index (χ3n) is 5.66. The van der Waals surface area contributed by atoms with Crippen LogP contribution in [0.1, 0.15) is 17.3 Å². The van der Waals surface area contributed by atoms with Gasteiger partial charge in [-0.2, -0.15) is 0 Å². The van der Waals surface area contributed by atoms with Gasteiger partial charge in [0, 0.05) is 45.3 Å². The van der Waals surface area contributed by atoms with Crippen LogP contribution in [0.15, 0.2) is 41.9 Å². The monoisotopic (exact) mass is 504 g/mol. The minimum atomic E-state index is -0.949. The molecule has 1 aliphatic heterocycles. The number of halogens is 3. The first-order valence-corrected chi connectivity index (χ1v) is 11.3. The molecule has 0 radical (unpaired) electrons. The number of piperazine rings is 1. The molecule has 1 aliphatic rings. The number of amides is 2. The van der Waals surface area contributed by atoms with Crippen molar-refractivity contribution >= 4 is 35.4 Å². The Bertz CT molecular complexity index is 1190. The number of nitrogens with zero attached hydrogens (tertiary/aromatic N) is 4. The summed E-state index contributed by atoms with van der Waals surface area (Å²) in [6, 6.07) is 5.04. The van der Waals surface area contributed by atoms with E-state index >= 15 is 4.39 Å². The van der Waals surface area contributed by atoms with Crippen LogP contribution in [0.5, 0.6) is 5.75 Å². The summed E-state index contributed by atoms with van der Waals surface area (Å²) < 4.78 is 36.0. The second kappa shape index (κ2) is 10.9. The van der Waals surface area contributed by atoms with Gasteiger partial charge in [-0.15, -0.1) is 0 Å². The van der Waals surface area contributed by atoms with E-state index in [2.05, 4.69) is 11.6 Å². The van der Waals surface area contributed by atoms with Crippen molar-refractivity contribution in [2.45, 2.75) is 13.0 Å². The van der Waals surface area contributed by atoms with Gasteiger partial charge in [0.25, 0.3) is 5.91 Å². The first kappa shape index (κ1) is 26.2. The van der Waals surface area contributed by atoms with Gasteiger partial charge in [-0.05, 0) is 31.2 Å². The van der Waals surface area contributed by atoms with Gasteiger partial charge in [-0.3, -0.25) is 9.59 Å². The number of rotatable bonds is 6. The van der Waals surface area contributed by atoms with Crippen LogP contribution in [-0.4, -0.2) is 79.7 Å². The fourth-order valence-electron chi connectivity index (χ4n) is 3.96. The average Bonchev–Trinajstić information content (AvgIpc) is 2.82. The predicted octanol–water partition coefficient (Wildman–Crippen LogP) is 4.37. The number of hydrogen-bond acceptors (Lipinski definition) is 4. The van der Waals surface area contributed by atoms with Gasteiger partial charge in [-0.25, -0.2) is 13.8 Å². The smallest absolute Gasteiger partial charge is 0.256 e. The van der Waals surface area contributed by atoms with Crippen LogP contribution >= 0.6 is 11.6 Å². The Kier molecular flexibility index (Phi) is 8.11. The minimum absolute atomic E-state index is 0.0694. The molecule has 35 heavy (non-hydrogen) atoms. The molecule has 0 aromatic heterocycles. The Balaban J connectivity index is 2.14. The van der Waals surface area contributed by atoms with E-state index in [1.165, 1.54) is 48.7 Å². The van der Waals surface area contributed by atoms with Gasteiger partial charge < -0.3 is 19.4 Å². The largest absolute Gasteiger partial charge is 0.496 e. The van der Waals surface area contributed by atoms with Crippen LogP contribution in [-0.2, 0) is 4.79 Å². The number of ether oxygens (including phenoxy) is 1. The van der Waals surface area contributed by atoms with Crippen LogP contribution < -0.4 is 4.74 Å². The lowest BCUT2D eigenvalue weighted by Crippen LogP contribution is -2.55. The molecule has 0 saturated carbocycles. The van der Waals surface area contributed by atoms with E-state index in [9.17, 15) is 14.0 Å². The Morgan fingerprint density at radius 3 is 2.57 bits per heavy atom. The molecular formula is C25H27ClF2N4O3. The lowest BCUT2D eigenvalue weighted by atomic mass is 9.98. The summed E-state index contributed by atoms with van der Waals surface area (Å²) >= 11 is 6.45. The SMILES string of the molecule is C=CC(=O)N1CCN(C(=O)c2cc(Cl)c(-c3c(F)cccc3OC)c(F)c2N=CN(C)C)C(C)C1. The van der Waals surface area contributed by atoms with Gasteiger partial charge >= 0.3 is 0 Å². The maximum Gasteiger partial charge on any atom is 0.256 e. The van der Waals surface area contributed by atoms with Crippen molar-refractivity contribution < 1.29 is 23.1 Å². The van der Waals surface area contributed by atoms with Crippen molar-refractivity contribution in [1.29, 1.82) is 0 Å². The molecule has 2 amide bonds. The topological polar surface area (TPSA) is 65.5 Å². The summed E-state index contributed by atoms with van der Waals surface area (Å²) in [6.45, 7) is 6.13. The first-order chi connectivity index (χ1) is 16.6. The second-order valence-corrected chi connectivity index (χ2v) is 8.71. The van der Waals surface area contributed by atoms with E-state index in [1.54, 1.807) is 30.8 Å². The van der Waals surface area contributed by atoms with Crippen LogP contribution in [0, 0.1) is 11.6 Å². The van der Waals surface area contributed by atoms with Gasteiger partial charge in [-0.1, -0.05) is 24.2 Å². The van der Waals surface area contributed by atoms with Gasteiger partial charge in [0.05, 0.1) is 29.6 Å². The standard InChI is InChI=1S/C25H27ClF2N4O3/c1-6-20(33)31-10-11-32(15(2)13-31)25(34)16-12-17(26)21(23(28)24(16)29-14-30(3)4)22-18(27)8-7-9-19(22)35-5/h6-9,12,14-15H,1,10-11,13H2,2-5H3. The molecule has 0 N–H and O–H groups in total. The molecule has 1 saturated heterocycles. The van der Waals surface area contributed by atoms with Crippen molar-refractivity contribution in [2.75, 3.05) is 40.8 Å². The molecule has 186 valence electrons. The van der Waals surface area contributed by atoms with Crippen molar-refractivity contribution in [2.24, 2.45) is 4.99 Å². The van der Waals surface area contributed by atoms with Crippen molar-refractivity contribution in [3.63, 3.8) is 0 Å². The second-order valence-electron chi connectivity index (χ2n) is 8.30. The average molecular weight is 505 g/mol.